The lowest BCUT2D eigenvalue weighted by Crippen LogP contribution is -2.30. The molecule has 1 heterocycles. The van der Waals surface area contributed by atoms with E-state index < -0.39 is 6.04 Å². The Labute approximate surface area is 169 Å². The van der Waals surface area contributed by atoms with Gasteiger partial charge in [-0.1, -0.05) is 54.6 Å². The number of Topliss-reactive ketones (excluding diaryl/α,β-unsaturated/α-hetero) is 1. The minimum absolute atomic E-state index is 0.0328. The van der Waals surface area contributed by atoms with Crippen molar-refractivity contribution in [2.45, 2.75) is 19.4 Å². The lowest BCUT2D eigenvalue weighted by Gasteiger charge is -2.18. The molecule has 0 bridgehead atoms. The van der Waals surface area contributed by atoms with Crippen molar-refractivity contribution in [3.8, 4) is 0 Å². The third-order valence-electron chi connectivity index (χ3n) is 5.17. The van der Waals surface area contributed by atoms with Gasteiger partial charge in [0.2, 0.25) is 0 Å². The van der Waals surface area contributed by atoms with Crippen molar-refractivity contribution in [3.05, 3.63) is 107 Å². The summed E-state index contributed by atoms with van der Waals surface area (Å²) in [5, 5.41) is 4.34. The zero-order valence-electron chi connectivity index (χ0n) is 16.3. The van der Waals surface area contributed by atoms with E-state index in [2.05, 4.69) is 10.3 Å². The van der Waals surface area contributed by atoms with E-state index in [0.29, 0.717) is 18.5 Å². The van der Waals surface area contributed by atoms with Crippen LogP contribution < -0.4 is 5.32 Å². The summed E-state index contributed by atoms with van der Waals surface area (Å²) < 4.78 is 13.1. The normalized spacial score (nSPS) is 12.2. The smallest absolute Gasteiger partial charge is 0.186 e. The van der Waals surface area contributed by atoms with E-state index in [1.807, 2.05) is 55.5 Å². The van der Waals surface area contributed by atoms with Crippen LogP contribution in [0.2, 0.25) is 0 Å². The quantitative estimate of drug-likeness (QED) is 0.419. The van der Waals surface area contributed by atoms with Crippen LogP contribution in [0, 0.1) is 12.7 Å². The van der Waals surface area contributed by atoms with Crippen molar-refractivity contribution in [1.82, 2.24) is 10.3 Å². The van der Waals surface area contributed by atoms with E-state index in [1.54, 1.807) is 18.3 Å². The van der Waals surface area contributed by atoms with Gasteiger partial charge in [0.1, 0.15) is 5.82 Å². The summed E-state index contributed by atoms with van der Waals surface area (Å²) in [5.41, 5.74) is 4.75. The van der Waals surface area contributed by atoms with Gasteiger partial charge in [0.15, 0.2) is 5.78 Å². The number of nitrogens with one attached hydrogen (secondary N) is 2. The molecule has 2 N–H and O–H groups in total. The van der Waals surface area contributed by atoms with Gasteiger partial charge in [-0.05, 0) is 48.2 Å². The van der Waals surface area contributed by atoms with Crippen molar-refractivity contribution in [2.24, 2.45) is 0 Å². The Morgan fingerprint density at radius 3 is 2.55 bits per heavy atom. The first-order valence-electron chi connectivity index (χ1n) is 9.76. The van der Waals surface area contributed by atoms with Gasteiger partial charge in [-0.2, -0.15) is 0 Å². The van der Waals surface area contributed by atoms with Gasteiger partial charge < -0.3 is 10.3 Å². The number of ketones is 1. The van der Waals surface area contributed by atoms with E-state index in [0.717, 1.165) is 27.6 Å². The second kappa shape index (κ2) is 8.41. The van der Waals surface area contributed by atoms with Gasteiger partial charge in [-0.15, -0.1) is 0 Å². The third-order valence-corrected chi connectivity index (χ3v) is 5.17. The van der Waals surface area contributed by atoms with Crippen molar-refractivity contribution < 1.29 is 9.18 Å². The minimum atomic E-state index is -0.447. The number of carbonyl (C=O) groups is 1. The zero-order chi connectivity index (χ0) is 20.2. The molecule has 0 aliphatic rings. The molecule has 1 atom stereocenters. The highest BCUT2D eigenvalue weighted by Gasteiger charge is 2.23. The van der Waals surface area contributed by atoms with Crippen LogP contribution in [-0.2, 0) is 6.42 Å². The fourth-order valence-corrected chi connectivity index (χ4v) is 3.62. The first-order valence-corrected chi connectivity index (χ1v) is 9.76. The second-order valence-corrected chi connectivity index (χ2v) is 7.29. The molecule has 4 aromatic rings. The molecule has 0 fully saturated rings. The molecule has 29 heavy (non-hydrogen) atoms. The topological polar surface area (TPSA) is 44.9 Å². The molecule has 146 valence electrons. The molecule has 0 radical (unpaired) electrons. The first kappa shape index (κ1) is 19.1. The highest BCUT2D eigenvalue weighted by molar-refractivity contribution is 6.10. The van der Waals surface area contributed by atoms with Crippen LogP contribution in [0.3, 0.4) is 0 Å². The number of H-pyrrole nitrogens is 1. The number of rotatable bonds is 7. The van der Waals surface area contributed by atoms with Gasteiger partial charge in [0.25, 0.3) is 0 Å². The average Bonchev–Trinajstić information content (AvgIpc) is 3.16. The van der Waals surface area contributed by atoms with E-state index in [4.69, 9.17) is 0 Å². The summed E-state index contributed by atoms with van der Waals surface area (Å²) in [6.07, 6.45) is 2.51. The van der Waals surface area contributed by atoms with Crippen LogP contribution in [0.25, 0.3) is 10.9 Å². The summed E-state index contributed by atoms with van der Waals surface area (Å²) in [4.78, 5) is 16.7. The molecule has 1 aromatic heterocycles. The third kappa shape index (κ3) is 4.28. The molecule has 0 aliphatic carbocycles. The molecule has 4 heteroatoms. The van der Waals surface area contributed by atoms with Crippen LogP contribution in [0.15, 0.2) is 79.0 Å². The summed E-state index contributed by atoms with van der Waals surface area (Å²) in [7, 11) is 0. The molecule has 0 spiro atoms. The second-order valence-electron chi connectivity index (χ2n) is 7.29. The van der Waals surface area contributed by atoms with Crippen LogP contribution in [0.5, 0.6) is 0 Å². The largest absolute Gasteiger partial charge is 0.360 e. The Kier molecular flexibility index (Phi) is 5.54. The molecule has 1 unspecified atom stereocenters. The molecule has 0 aliphatic heterocycles. The zero-order valence-corrected chi connectivity index (χ0v) is 16.3. The summed E-state index contributed by atoms with van der Waals surface area (Å²) in [5.74, 6) is -0.209. The van der Waals surface area contributed by atoms with E-state index in [9.17, 15) is 9.18 Å². The summed E-state index contributed by atoms with van der Waals surface area (Å²) in [6.45, 7) is 2.64. The number of hydrogen-bond acceptors (Lipinski definition) is 2. The summed E-state index contributed by atoms with van der Waals surface area (Å²) >= 11 is 0. The molecule has 3 nitrogen and oxygen atoms in total. The molecule has 0 saturated heterocycles. The Morgan fingerprint density at radius 1 is 1.03 bits per heavy atom. The first-order chi connectivity index (χ1) is 14.1. The van der Waals surface area contributed by atoms with Crippen molar-refractivity contribution in [3.63, 3.8) is 0 Å². The monoisotopic (exact) mass is 386 g/mol. The fraction of sp³-hybridized carbons (Fsp3) is 0.160. The number of aromatic amines is 1. The van der Waals surface area contributed by atoms with Crippen LogP contribution in [0.1, 0.15) is 33.1 Å². The highest BCUT2D eigenvalue weighted by Crippen LogP contribution is 2.25. The van der Waals surface area contributed by atoms with Crippen molar-refractivity contribution >= 4 is 16.7 Å². The lowest BCUT2D eigenvalue weighted by atomic mass is 9.96. The molecule has 0 saturated carbocycles. The SMILES string of the molecule is Cc1ccc2c(C(=O)C(NCCc3ccc(F)cc3)c3ccccc3)c[nH]c2c1. The van der Waals surface area contributed by atoms with Gasteiger partial charge in [0.05, 0.1) is 6.04 Å². The summed E-state index contributed by atoms with van der Waals surface area (Å²) in [6, 6.07) is 21.8. The van der Waals surface area contributed by atoms with Crippen LogP contribution in [0.4, 0.5) is 4.39 Å². The maximum absolute atomic E-state index is 13.5. The lowest BCUT2D eigenvalue weighted by molar-refractivity contribution is 0.0945. The fourth-order valence-electron chi connectivity index (χ4n) is 3.62. The predicted octanol–water partition coefficient (Wildman–Crippen LogP) is 5.37. The van der Waals surface area contributed by atoms with Crippen LogP contribution >= 0.6 is 0 Å². The Balaban J connectivity index is 1.58. The van der Waals surface area contributed by atoms with Gasteiger partial charge in [-0.25, -0.2) is 4.39 Å². The van der Waals surface area contributed by atoms with E-state index in [-0.39, 0.29) is 11.6 Å². The van der Waals surface area contributed by atoms with Crippen molar-refractivity contribution in [1.29, 1.82) is 0 Å². The average molecular weight is 386 g/mol. The number of carbonyl (C=O) groups excluding carboxylic acids is 1. The minimum Gasteiger partial charge on any atom is -0.360 e. The van der Waals surface area contributed by atoms with Crippen LogP contribution in [-0.4, -0.2) is 17.3 Å². The maximum Gasteiger partial charge on any atom is 0.186 e. The van der Waals surface area contributed by atoms with Gasteiger partial charge in [0, 0.05) is 29.2 Å². The van der Waals surface area contributed by atoms with Crippen molar-refractivity contribution in [2.75, 3.05) is 6.54 Å². The highest BCUT2D eigenvalue weighted by atomic mass is 19.1. The van der Waals surface area contributed by atoms with E-state index in [1.165, 1.54) is 12.1 Å². The Hall–Kier alpha value is -3.24. The molecule has 3 aromatic carbocycles. The molecular weight excluding hydrogens is 363 g/mol. The number of fused-ring (bicyclic) bond motifs is 1. The van der Waals surface area contributed by atoms with Gasteiger partial charge >= 0.3 is 0 Å². The number of aryl methyl sites for hydroxylation is 1. The standard InChI is InChI=1S/C25H23FN2O/c1-17-7-12-21-22(16-28-23(21)15-17)25(29)24(19-5-3-2-4-6-19)27-14-13-18-8-10-20(26)11-9-18/h2-12,15-16,24,27-28H,13-14H2,1H3. The molecular formula is C25H23FN2O. The number of benzene rings is 3. The van der Waals surface area contributed by atoms with Gasteiger partial charge in [-0.3, -0.25) is 4.79 Å². The number of halogens is 1. The molecule has 0 amide bonds. The number of aromatic nitrogens is 1. The maximum atomic E-state index is 13.5. The predicted molar refractivity (Wildman–Crippen MR) is 115 cm³/mol. The Morgan fingerprint density at radius 2 is 1.79 bits per heavy atom. The Bertz CT molecular complexity index is 1120. The number of hydrogen-bond donors (Lipinski definition) is 2. The molecule has 4 rings (SSSR count). The van der Waals surface area contributed by atoms with E-state index >= 15 is 0 Å².